The molecule has 0 aliphatic carbocycles. The second-order valence-corrected chi connectivity index (χ2v) is 2.01. The first-order valence-corrected chi connectivity index (χ1v) is 3.65. The highest BCUT2D eigenvalue weighted by molar-refractivity contribution is 6.40. The summed E-state index contributed by atoms with van der Waals surface area (Å²) in [6.07, 6.45) is 0. The van der Waals surface area contributed by atoms with Crippen molar-refractivity contribution in [1.82, 2.24) is 5.32 Å². The van der Waals surface area contributed by atoms with Gasteiger partial charge in [-0.05, 0) is 7.05 Å². The van der Waals surface area contributed by atoms with Gasteiger partial charge in [0.15, 0.2) is 0 Å². The van der Waals surface area contributed by atoms with Crippen molar-refractivity contribution in [3.8, 4) is 0 Å². The van der Waals surface area contributed by atoms with Crippen LogP contribution in [0.15, 0.2) is 0 Å². The topological polar surface area (TPSA) is 21.3 Å². The Bertz CT molecular complexity index is 34.1. The van der Waals surface area contributed by atoms with Crippen LogP contribution in [-0.2, 0) is 4.74 Å². The van der Waals surface area contributed by atoms with E-state index in [1.807, 2.05) is 7.05 Å². The van der Waals surface area contributed by atoms with Gasteiger partial charge in [0.2, 0.25) is 0 Å². The number of hydrogen-bond acceptors (Lipinski definition) is 2. The van der Waals surface area contributed by atoms with E-state index in [2.05, 4.69) is 5.32 Å². The second kappa shape index (κ2) is 15.8. The van der Waals surface area contributed by atoms with Gasteiger partial charge < -0.3 is 10.1 Å². The molecule has 0 aromatic carbocycles. The van der Waals surface area contributed by atoms with Gasteiger partial charge in [0.05, 0.1) is 11.9 Å². The average molecular weight is 174 g/mol. The molecule has 0 saturated heterocycles. The molecule has 0 saturated carbocycles. The first kappa shape index (κ1) is 12.2. The highest BCUT2D eigenvalue weighted by atomic mass is 35.5. The largest absolute Gasteiger partial charge is 0.383 e. The lowest BCUT2D eigenvalue weighted by Gasteiger charge is -1.92. The highest BCUT2D eigenvalue weighted by Gasteiger charge is 1.72. The molecule has 0 aromatic rings. The maximum absolute atomic E-state index is 4.76. The number of alkyl halides is 2. The van der Waals surface area contributed by atoms with Crippen LogP contribution in [0.4, 0.5) is 0 Å². The van der Waals surface area contributed by atoms with Crippen molar-refractivity contribution in [1.29, 1.82) is 0 Å². The molecule has 0 atom stereocenters. The summed E-state index contributed by atoms with van der Waals surface area (Å²) in [5.41, 5.74) is 0. The first-order chi connectivity index (χ1) is 4.33. The van der Waals surface area contributed by atoms with Crippen molar-refractivity contribution in [3.63, 3.8) is 0 Å². The summed E-state index contributed by atoms with van der Waals surface area (Å²) in [4.78, 5) is 0. The third-order valence-electron chi connectivity index (χ3n) is 0.556. The van der Waals surface area contributed by atoms with Gasteiger partial charge in [0.1, 0.15) is 0 Å². The van der Waals surface area contributed by atoms with Gasteiger partial charge in [0.25, 0.3) is 0 Å². The molecule has 9 heavy (non-hydrogen) atoms. The van der Waals surface area contributed by atoms with Crippen molar-refractivity contribution in [3.05, 3.63) is 0 Å². The Morgan fingerprint density at radius 1 is 1.44 bits per heavy atom. The Kier molecular flexibility index (Phi) is 21.4. The molecule has 0 spiro atoms. The SMILES string of the molecule is CNCCOC.ClCCl. The Labute approximate surface area is 66.5 Å². The zero-order valence-electron chi connectivity index (χ0n) is 5.79. The van der Waals surface area contributed by atoms with Gasteiger partial charge in [-0.2, -0.15) is 0 Å². The minimum absolute atomic E-state index is 0.194. The van der Waals surface area contributed by atoms with Gasteiger partial charge in [-0.15, -0.1) is 23.2 Å². The molecule has 1 N–H and O–H groups in total. The van der Waals surface area contributed by atoms with Crippen LogP contribution in [0.5, 0.6) is 0 Å². The number of nitrogens with one attached hydrogen (secondary N) is 1. The number of rotatable bonds is 3. The quantitative estimate of drug-likeness (QED) is 0.513. The summed E-state index contributed by atoms with van der Waals surface area (Å²) in [5, 5.41) is 3.14. The molecule has 0 aliphatic heterocycles. The van der Waals surface area contributed by atoms with Gasteiger partial charge in [0, 0.05) is 13.7 Å². The van der Waals surface area contributed by atoms with E-state index in [0.717, 1.165) is 13.2 Å². The van der Waals surface area contributed by atoms with Crippen LogP contribution >= 0.6 is 23.2 Å². The molecule has 0 unspecified atom stereocenters. The van der Waals surface area contributed by atoms with E-state index in [1.165, 1.54) is 0 Å². The van der Waals surface area contributed by atoms with E-state index in [9.17, 15) is 0 Å². The summed E-state index contributed by atoms with van der Waals surface area (Å²) in [5.74, 6) is 0. The zero-order chi connectivity index (χ0) is 7.54. The fraction of sp³-hybridized carbons (Fsp3) is 1.00. The lowest BCUT2D eigenvalue weighted by molar-refractivity contribution is 0.201. The fourth-order valence-electron chi connectivity index (χ4n) is 0.204. The maximum Gasteiger partial charge on any atom is 0.0967 e. The lowest BCUT2D eigenvalue weighted by Crippen LogP contribution is -2.12. The standard InChI is InChI=1S/C4H11NO.CH2Cl2/c1-5-3-4-6-2;2-1-3/h5H,3-4H2,1-2H3;1H2. The maximum atomic E-state index is 4.76. The summed E-state index contributed by atoms with van der Waals surface area (Å²) in [6.45, 7) is 1.74. The van der Waals surface area contributed by atoms with E-state index in [4.69, 9.17) is 27.9 Å². The molecule has 0 bridgehead atoms. The highest BCUT2D eigenvalue weighted by Crippen LogP contribution is 1.73. The summed E-state index contributed by atoms with van der Waals surface area (Å²) in [7, 11) is 3.59. The molecule has 0 aliphatic rings. The normalized spacial score (nSPS) is 8.00. The molecule has 0 fully saturated rings. The predicted molar refractivity (Wildman–Crippen MR) is 42.4 cm³/mol. The second-order valence-electron chi connectivity index (χ2n) is 1.20. The molecular formula is C5H13Cl2NO. The van der Waals surface area contributed by atoms with Gasteiger partial charge in [-0.1, -0.05) is 0 Å². The smallest absolute Gasteiger partial charge is 0.0967 e. The zero-order valence-corrected chi connectivity index (χ0v) is 7.30. The van der Waals surface area contributed by atoms with E-state index in [1.54, 1.807) is 7.11 Å². The van der Waals surface area contributed by atoms with Gasteiger partial charge in [-0.25, -0.2) is 0 Å². The summed E-state index contributed by atoms with van der Waals surface area (Å²) in [6, 6.07) is 0. The van der Waals surface area contributed by atoms with Crippen LogP contribution in [0.25, 0.3) is 0 Å². The molecule has 4 heteroatoms. The van der Waals surface area contributed by atoms with Gasteiger partial charge >= 0.3 is 0 Å². The Morgan fingerprint density at radius 3 is 2.00 bits per heavy atom. The van der Waals surface area contributed by atoms with Crippen molar-refractivity contribution in [2.45, 2.75) is 0 Å². The third-order valence-corrected chi connectivity index (χ3v) is 0.556. The van der Waals surface area contributed by atoms with Crippen LogP contribution < -0.4 is 5.32 Å². The predicted octanol–water partition coefficient (Wildman–Crippen LogP) is 1.27. The van der Waals surface area contributed by atoms with Crippen molar-refractivity contribution in [2.75, 3.05) is 32.6 Å². The van der Waals surface area contributed by atoms with E-state index >= 15 is 0 Å². The van der Waals surface area contributed by atoms with Crippen molar-refractivity contribution in [2.24, 2.45) is 0 Å². The van der Waals surface area contributed by atoms with Crippen LogP contribution in [0, 0.1) is 0 Å². The number of likely N-dealkylation sites (N-methyl/N-ethyl adjacent to an activating group) is 1. The van der Waals surface area contributed by atoms with Crippen LogP contribution in [0.2, 0.25) is 0 Å². The molecule has 0 rings (SSSR count). The minimum atomic E-state index is 0.194. The fourth-order valence-corrected chi connectivity index (χ4v) is 0.204. The Hall–Kier alpha value is 0.500. The number of methoxy groups -OCH3 is 1. The number of halogens is 2. The lowest BCUT2D eigenvalue weighted by atomic mass is 10.7. The molecule has 0 radical (unpaired) electrons. The molecular weight excluding hydrogens is 161 g/mol. The number of hydrogen-bond donors (Lipinski definition) is 1. The van der Waals surface area contributed by atoms with Crippen LogP contribution in [0.3, 0.4) is 0 Å². The summed E-state index contributed by atoms with van der Waals surface area (Å²) < 4.78 is 4.72. The van der Waals surface area contributed by atoms with Crippen molar-refractivity contribution >= 4 is 23.2 Å². The molecule has 2 nitrogen and oxygen atoms in total. The average Bonchev–Trinajstić information content (AvgIpc) is 1.86. The molecule has 0 aromatic heterocycles. The van der Waals surface area contributed by atoms with Crippen LogP contribution in [-0.4, -0.2) is 32.6 Å². The Balaban J connectivity index is 0. The number of ether oxygens (including phenoxy) is 1. The summed E-state index contributed by atoms with van der Waals surface area (Å²) >= 11 is 9.53. The Morgan fingerprint density at radius 2 is 1.89 bits per heavy atom. The van der Waals surface area contributed by atoms with Crippen molar-refractivity contribution < 1.29 is 4.74 Å². The minimum Gasteiger partial charge on any atom is -0.383 e. The molecule has 0 heterocycles. The van der Waals surface area contributed by atoms with Gasteiger partial charge in [-0.3, -0.25) is 0 Å². The first-order valence-electron chi connectivity index (χ1n) is 2.58. The molecule has 0 amide bonds. The monoisotopic (exact) mass is 173 g/mol. The molecule has 58 valence electrons. The third kappa shape index (κ3) is 29.3. The van der Waals surface area contributed by atoms with E-state index in [-0.39, 0.29) is 5.34 Å². The van der Waals surface area contributed by atoms with Crippen LogP contribution in [0.1, 0.15) is 0 Å². The van der Waals surface area contributed by atoms with E-state index < -0.39 is 0 Å². The van der Waals surface area contributed by atoms with E-state index in [0.29, 0.717) is 0 Å².